The summed E-state index contributed by atoms with van der Waals surface area (Å²) in [5.41, 5.74) is 2.41. The van der Waals surface area contributed by atoms with Crippen molar-refractivity contribution in [3.8, 4) is 0 Å². The molecule has 1 atom stereocenters. The maximum Gasteiger partial charge on any atom is 0.198 e. The van der Waals surface area contributed by atoms with Crippen molar-refractivity contribution in [3.63, 3.8) is 0 Å². The molecule has 0 aromatic carbocycles. The zero-order valence-electron chi connectivity index (χ0n) is 11.2. The van der Waals surface area contributed by atoms with Gasteiger partial charge in [0.15, 0.2) is 4.73 Å². The first kappa shape index (κ1) is 13.3. The van der Waals surface area contributed by atoms with Crippen LogP contribution in [0.2, 0.25) is 0 Å². The highest BCUT2D eigenvalue weighted by Crippen LogP contribution is 2.24. The van der Waals surface area contributed by atoms with Gasteiger partial charge in [0.2, 0.25) is 0 Å². The number of hydrogen-bond donors (Lipinski definition) is 2. The number of halogens is 1. The van der Waals surface area contributed by atoms with Gasteiger partial charge in [-0.1, -0.05) is 0 Å². The van der Waals surface area contributed by atoms with Gasteiger partial charge in [0, 0.05) is 37.7 Å². The van der Waals surface area contributed by atoms with E-state index in [-0.39, 0.29) is 0 Å². The molecular formula is C13H20BrN5. The van der Waals surface area contributed by atoms with Crippen molar-refractivity contribution in [2.45, 2.75) is 31.8 Å². The minimum atomic E-state index is 0.492. The number of anilines is 1. The molecular weight excluding hydrogens is 306 g/mol. The van der Waals surface area contributed by atoms with E-state index in [2.05, 4.69) is 48.5 Å². The quantitative estimate of drug-likeness (QED) is 0.805. The molecule has 0 radical (unpaired) electrons. The monoisotopic (exact) mass is 325 g/mol. The van der Waals surface area contributed by atoms with Crippen LogP contribution in [0.4, 0.5) is 5.82 Å². The van der Waals surface area contributed by atoms with Gasteiger partial charge >= 0.3 is 0 Å². The van der Waals surface area contributed by atoms with Crippen molar-refractivity contribution in [3.05, 3.63) is 16.0 Å². The highest BCUT2D eigenvalue weighted by atomic mass is 79.9. The normalized spacial score (nSPS) is 24.0. The van der Waals surface area contributed by atoms with Crippen molar-refractivity contribution in [2.75, 3.05) is 32.0 Å². The predicted molar refractivity (Wildman–Crippen MR) is 79.3 cm³/mol. The van der Waals surface area contributed by atoms with Crippen LogP contribution in [0.15, 0.2) is 4.73 Å². The van der Waals surface area contributed by atoms with E-state index in [9.17, 15) is 0 Å². The molecule has 1 unspecified atom stereocenters. The van der Waals surface area contributed by atoms with E-state index in [1.165, 1.54) is 30.6 Å². The molecule has 3 rings (SSSR count). The average molecular weight is 326 g/mol. The van der Waals surface area contributed by atoms with Gasteiger partial charge in [-0.05, 0) is 42.4 Å². The first-order valence-corrected chi connectivity index (χ1v) is 7.73. The molecule has 0 spiro atoms. The first-order chi connectivity index (χ1) is 9.22. The first-order valence-electron chi connectivity index (χ1n) is 6.93. The van der Waals surface area contributed by atoms with Crippen molar-refractivity contribution in [1.29, 1.82) is 0 Å². The third-order valence-electron chi connectivity index (χ3n) is 3.87. The van der Waals surface area contributed by atoms with Gasteiger partial charge in [0.1, 0.15) is 5.82 Å². The molecule has 0 bridgehead atoms. The van der Waals surface area contributed by atoms with E-state index in [0.717, 1.165) is 31.9 Å². The van der Waals surface area contributed by atoms with Crippen molar-refractivity contribution in [2.24, 2.45) is 0 Å². The lowest BCUT2D eigenvalue weighted by Crippen LogP contribution is -2.40. The van der Waals surface area contributed by atoms with Gasteiger partial charge in [0.05, 0.1) is 5.69 Å². The Bertz CT molecular complexity index is 465. The second-order valence-electron chi connectivity index (χ2n) is 5.44. The molecule has 6 heteroatoms. The van der Waals surface area contributed by atoms with Crippen LogP contribution in [0.1, 0.15) is 24.1 Å². The highest BCUT2D eigenvalue weighted by molar-refractivity contribution is 9.10. The van der Waals surface area contributed by atoms with Crippen LogP contribution in [-0.2, 0) is 13.0 Å². The molecule has 104 valence electrons. The Morgan fingerprint density at radius 2 is 2.32 bits per heavy atom. The molecule has 2 N–H and O–H groups in total. The summed E-state index contributed by atoms with van der Waals surface area (Å²) in [4.78, 5) is 11.4. The Kier molecular flexibility index (Phi) is 4.00. The summed E-state index contributed by atoms with van der Waals surface area (Å²) < 4.78 is 0.694. The number of rotatable bonds is 2. The number of nitrogens with one attached hydrogen (secondary N) is 2. The van der Waals surface area contributed by atoms with Crippen LogP contribution in [0.25, 0.3) is 0 Å². The Morgan fingerprint density at radius 1 is 1.42 bits per heavy atom. The van der Waals surface area contributed by atoms with Crippen LogP contribution >= 0.6 is 15.9 Å². The van der Waals surface area contributed by atoms with E-state index >= 15 is 0 Å². The smallest absolute Gasteiger partial charge is 0.198 e. The van der Waals surface area contributed by atoms with Gasteiger partial charge in [-0.15, -0.1) is 0 Å². The van der Waals surface area contributed by atoms with Crippen molar-refractivity contribution < 1.29 is 0 Å². The number of aromatic nitrogens is 2. The van der Waals surface area contributed by atoms with E-state index in [4.69, 9.17) is 0 Å². The summed E-state index contributed by atoms with van der Waals surface area (Å²) in [6.45, 7) is 4.16. The molecule has 1 aromatic heterocycles. The fourth-order valence-corrected chi connectivity index (χ4v) is 3.30. The fraction of sp³-hybridized carbons (Fsp3) is 0.692. The van der Waals surface area contributed by atoms with Crippen LogP contribution < -0.4 is 10.6 Å². The molecule has 3 heterocycles. The molecule has 5 nitrogen and oxygen atoms in total. The van der Waals surface area contributed by atoms with Gasteiger partial charge in [-0.25, -0.2) is 9.97 Å². The lowest BCUT2D eigenvalue weighted by atomic mass is 10.0. The van der Waals surface area contributed by atoms with Crippen molar-refractivity contribution in [1.82, 2.24) is 20.2 Å². The maximum atomic E-state index is 4.54. The molecule has 1 saturated heterocycles. The summed E-state index contributed by atoms with van der Waals surface area (Å²) in [5.74, 6) is 1.00. The Hall–Kier alpha value is -0.720. The molecule has 1 aromatic rings. The number of hydrogen-bond acceptors (Lipinski definition) is 5. The van der Waals surface area contributed by atoms with Crippen LogP contribution in [0.3, 0.4) is 0 Å². The summed E-state index contributed by atoms with van der Waals surface area (Å²) in [6.07, 6.45) is 3.45. The third-order valence-corrected chi connectivity index (χ3v) is 4.23. The second kappa shape index (κ2) is 5.73. The second-order valence-corrected chi connectivity index (χ2v) is 6.15. The number of nitrogens with zero attached hydrogens (tertiary/aromatic N) is 3. The average Bonchev–Trinajstić information content (AvgIpc) is 2.38. The fourth-order valence-electron chi connectivity index (χ4n) is 2.91. The molecule has 0 saturated carbocycles. The number of fused-ring (bicyclic) bond motifs is 1. The summed E-state index contributed by atoms with van der Waals surface area (Å²) in [7, 11) is 2.18. The molecule has 1 fully saturated rings. The molecule has 2 aliphatic rings. The topological polar surface area (TPSA) is 53.1 Å². The Morgan fingerprint density at radius 3 is 3.16 bits per heavy atom. The SMILES string of the molecule is CN1CCCC(Nc2nc(Br)nc3c2CNCC3)C1. The lowest BCUT2D eigenvalue weighted by molar-refractivity contribution is 0.260. The summed E-state index contributed by atoms with van der Waals surface area (Å²) in [6, 6.07) is 0.492. The minimum Gasteiger partial charge on any atom is -0.366 e. The van der Waals surface area contributed by atoms with E-state index in [1.54, 1.807) is 0 Å². The lowest BCUT2D eigenvalue weighted by Gasteiger charge is -2.31. The van der Waals surface area contributed by atoms with Gasteiger partial charge in [-0.3, -0.25) is 0 Å². The molecule has 2 aliphatic heterocycles. The van der Waals surface area contributed by atoms with E-state index in [0.29, 0.717) is 10.8 Å². The highest BCUT2D eigenvalue weighted by Gasteiger charge is 2.21. The number of likely N-dealkylation sites (N-methyl/N-ethyl adjacent to an activating group) is 1. The summed E-state index contributed by atoms with van der Waals surface area (Å²) in [5, 5.41) is 7.02. The number of likely N-dealkylation sites (tertiary alicyclic amines) is 1. The van der Waals surface area contributed by atoms with E-state index in [1.807, 2.05) is 0 Å². The van der Waals surface area contributed by atoms with Gasteiger partial charge in [0.25, 0.3) is 0 Å². The predicted octanol–water partition coefficient (Wildman–Crippen LogP) is 1.39. The summed E-state index contributed by atoms with van der Waals surface area (Å²) >= 11 is 3.42. The molecule has 19 heavy (non-hydrogen) atoms. The zero-order valence-corrected chi connectivity index (χ0v) is 12.8. The van der Waals surface area contributed by atoms with Gasteiger partial charge in [-0.2, -0.15) is 0 Å². The standard InChI is InChI=1S/C13H20BrN5/c1-19-6-2-3-9(8-19)16-12-10-7-15-5-4-11(10)17-13(14)18-12/h9,15H,2-8H2,1H3,(H,16,17,18). The Labute approximate surface area is 122 Å². The maximum absolute atomic E-state index is 4.54. The van der Waals surface area contributed by atoms with Gasteiger partial charge < -0.3 is 15.5 Å². The van der Waals surface area contributed by atoms with Crippen molar-refractivity contribution >= 4 is 21.7 Å². The number of piperidine rings is 1. The Balaban J connectivity index is 1.81. The largest absolute Gasteiger partial charge is 0.366 e. The molecule has 0 amide bonds. The third kappa shape index (κ3) is 3.07. The zero-order chi connectivity index (χ0) is 13.2. The van der Waals surface area contributed by atoms with Crippen LogP contribution in [0.5, 0.6) is 0 Å². The van der Waals surface area contributed by atoms with Crippen LogP contribution in [-0.4, -0.2) is 47.6 Å². The van der Waals surface area contributed by atoms with E-state index < -0.39 is 0 Å². The minimum absolute atomic E-state index is 0.492. The van der Waals surface area contributed by atoms with Crippen LogP contribution in [0, 0.1) is 0 Å². The molecule has 0 aliphatic carbocycles.